The van der Waals surface area contributed by atoms with Crippen LogP contribution in [0.4, 0.5) is 17.1 Å². The van der Waals surface area contributed by atoms with Crippen molar-refractivity contribution in [3.8, 4) is 44.8 Å². The van der Waals surface area contributed by atoms with Crippen LogP contribution in [-0.4, -0.2) is 9.61 Å². The Hall–Kier alpha value is -6.71. The van der Waals surface area contributed by atoms with E-state index in [-0.39, 0.29) is 0 Å². The van der Waals surface area contributed by atoms with Gasteiger partial charge in [0.1, 0.15) is 0 Å². The third kappa shape index (κ3) is 5.73. The highest BCUT2D eigenvalue weighted by molar-refractivity contribution is 6.01. The van der Waals surface area contributed by atoms with Gasteiger partial charge >= 0.3 is 0 Å². The minimum atomic E-state index is 0.870. The standard InChI is InChI=1S/C49H37N3/c1-2-45-48(50-52-47(38-19-10-5-11-20-38)34-41-21-12-13-24-46(41)49(45)52)39-27-31-43(32-28-39)51(42-29-25-37(26-30-42)35-15-6-3-7-16-35)44-23-14-22-40(33-44)36-17-8-4-9-18-36/h3-34H,2H2,1H3. The minimum Gasteiger partial charge on any atom is -0.310 e. The van der Waals surface area contributed by atoms with E-state index in [0.717, 1.165) is 46.0 Å². The molecule has 248 valence electrons. The largest absolute Gasteiger partial charge is 0.310 e. The maximum Gasteiger partial charge on any atom is 0.0966 e. The van der Waals surface area contributed by atoms with Gasteiger partial charge in [0.2, 0.25) is 0 Å². The summed E-state index contributed by atoms with van der Waals surface area (Å²) in [4.78, 5) is 2.34. The molecule has 0 atom stereocenters. The van der Waals surface area contributed by atoms with Gasteiger partial charge in [0.15, 0.2) is 0 Å². The number of hydrogen-bond donors (Lipinski definition) is 0. The summed E-state index contributed by atoms with van der Waals surface area (Å²) in [6.45, 7) is 2.24. The number of fused-ring (bicyclic) bond motifs is 3. The lowest BCUT2D eigenvalue weighted by Crippen LogP contribution is -2.10. The molecule has 7 aromatic carbocycles. The zero-order chi connectivity index (χ0) is 34.9. The summed E-state index contributed by atoms with van der Waals surface area (Å²) >= 11 is 0. The predicted molar refractivity (Wildman–Crippen MR) is 219 cm³/mol. The van der Waals surface area contributed by atoms with Crippen LogP contribution in [0.5, 0.6) is 0 Å². The molecule has 0 saturated carbocycles. The van der Waals surface area contributed by atoms with E-state index in [1.54, 1.807) is 0 Å². The highest BCUT2D eigenvalue weighted by Gasteiger charge is 2.20. The molecule has 2 heterocycles. The summed E-state index contributed by atoms with van der Waals surface area (Å²) in [7, 11) is 0. The van der Waals surface area contributed by atoms with Crippen LogP contribution < -0.4 is 4.90 Å². The van der Waals surface area contributed by atoms with Crippen LogP contribution in [-0.2, 0) is 6.42 Å². The normalized spacial score (nSPS) is 11.2. The van der Waals surface area contributed by atoms with Gasteiger partial charge in [-0.25, -0.2) is 4.52 Å². The van der Waals surface area contributed by atoms with Crippen LogP contribution in [0.2, 0.25) is 0 Å². The van der Waals surface area contributed by atoms with Gasteiger partial charge in [-0.2, -0.15) is 5.10 Å². The van der Waals surface area contributed by atoms with E-state index in [4.69, 9.17) is 5.10 Å². The summed E-state index contributed by atoms with van der Waals surface area (Å²) in [6.07, 6.45) is 0.870. The first-order chi connectivity index (χ1) is 25.7. The number of nitrogens with zero attached hydrogens (tertiary/aromatic N) is 3. The molecular formula is C49H37N3. The van der Waals surface area contributed by atoms with Crippen molar-refractivity contribution in [3.63, 3.8) is 0 Å². The van der Waals surface area contributed by atoms with Crippen LogP contribution in [0.25, 0.3) is 61.1 Å². The van der Waals surface area contributed by atoms with Gasteiger partial charge < -0.3 is 4.90 Å². The summed E-state index contributed by atoms with van der Waals surface area (Å²) in [6, 6.07) is 69.2. The van der Waals surface area contributed by atoms with E-state index in [2.05, 4.69) is 210 Å². The first-order valence-electron chi connectivity index (χ1n) is 18.0. The molecular weight excluding hydrogens is 631 g/mol. The Balaban J connectivity index is 1.17. The second-order valence-electron chi connectivity index (χ2n) is 13.1. The van der Waals surface area contributed by atoms with E-state index < -0.39 is 0 Å². The van der Waals surface area contributed by atoms with Crippen molar-refractivity contribution in [2.45, 2.75) is 13.3 Å². The average molecular weight is 668 g/mol. The minimum absolute atomic E-state index is 0.870. The van der Waals surface area contributed by atoms with E-state index in [1.807, 2.05) is 0 Å². The molecule has 0 aliphatic heterocycles. The molecule has 0 spiro atoms. The monoisotopic (exact) mass is 667 g/mol. The maximum absolute atomic E-state index is 5.36. The number of anilines is 3. The Kier molecular flexibility index (Phi) is 8.15. The fraction of sp³-hybridized carbons (Fsp3) is 0.0408. The second-order valence-corrected chi connectivity index (χ2v) is 13.1. The van der Waals surface area contributed by atoms with Gasteiger partial charge in [-0.1, -0.05) is 159 Å². The van der Waals surface area contributed by atoms with Crippen molar-refractivity contribution in [3.05, 3.63) is 200 Å². The number of rotatable bonds is 8. The van der Waals surface area contributed by atoms with Gasteiger partial charge in [-0.05, 0) is 76.5 Å². The van der Waals surface area contributed by atoms with E-state index >= 15 is 0 Å². The average Bonchev–Trinajstić information content (AvgIpc) is 3.62. The Labute approximate surface area is 304 Å². The summed E-state index contributed by atoms with van der Waals surface area (Å²) in [5, 5.41) is 7.80. The zero-order valence-corrected chi connectivity index (χ0v) is 29.0. The molecule has 0 aliphatic carbocycles. The van der Waals surface area contributed by atoms with Crippen molar-refractivity contribution in [1.29, 1.82) is 0 Å². The molecule has 0 unspecified atom stereocenters. The van der Waals surface area contributed by atoms with Gasteiger partial charge in [-0.3, -0.25) is 0 Å². The van der Waals surface area contributed by atoms with Crippen molar-refractivity contribution in [2.75, 3.05) is 4.90 Å². The Morgan fingerprint density at radius 1 is 0.442 bits per heavy atom. The van der Waals surface area contributed by atoms with Gasteiger partial charge in [-0.15, -0.1) is 0 Å². The SMILES string of the molecule is CCc1c(-c2ccc(N(c3ccc(-c4ccccc4)cc3)c3cccc(-c4ccccc4)c3)cc2)nn2c(-c3ccccc3)cc3ccccc3c12. The van der Waals surface area contributed by atoms with Crippen molar-refractivity contribution < 1.29 is 0 Å². The van der Waals surface area contributed by atoms with E-state index in [9.17, 15) is 0 Å². The molecule has 0 saturated heterocycles. The lowest BCUT2D eigenvalue weighted by molar-refractivity contribution is 0.979. The zero-order valence-electron chi connectivity index (χ0n) is 29.0. The lowest BCUT2D eigenvalue weighted by atomic mass is 10.00. The molecule has 2 aromatic heterocycles. The summed E-state index contributed by atoms with van der Waals surface area (Å²) < 4.78 is 2.16. The predicted octanol–water partition coefficient (Wildman–Crippen LogP) is 13.2. The topological polar surface area (TPSA) is 20.5 Å². The van der Waals surface area contributed by atoms with E-state index in [0.29, 0.717) is 0 Å². The smallest absolute Gasteiger partial charge is 0.0966 e. The summed E-state index contributed by atoms with van der Waals surface area (Å²) in [5.41, 5.74) is 14.9. The third-order valence-electron chi connectivity index (χ3n) is 9.99. The van der Waals surface area contributed by atoms with Gasteiger partial charge in [0.25, 0.3) is 0 Å². The number of benzene rings is 7. The molecule has 9 rings (SSSR count). The molecule has 0 bridgehead atoms. The number of aromatic nitrogens is 2. The van der Waals surface area contributed by atoms with Crippen LogP contribution >= 0.6 is 0 Å². The Morgan fingerprint density at radius 2 is 0.962 bits per heavy atom. The highest BCUT2D eigenvalue weighted by atomic mass is 15.2. The number of hydrogen-bond acceptors (Lipinski definition) is 2. The molecule has 0 N–H and O–H groups in total. The Bertz CT molecular complexity index is 2620. The van der Waals surface area contributed by atoms with Crippen molar-refractivity contribution >= 4 is 33.4 Å². The van der Waals surface area contributed by atoms with Gasteiger partial charge in [0.05, 0.1) is 16.9 Å². The van der Waals surface area contributed by atoms with Gasteiger partial charge in [0, 0.05) is 39.1 Å². The molecule has 0 radical (unpaired) electrons. The first-order valence-corrected chi connectivity index (χ1v) is 18.0. The summed E-state index contributed by atoms with van der Waals surface area (Å²) in [5.74, 6) is 0. The van der Waals surface area contributed by atoms with E-state index in [1.165, 1.54) is 44.1 Å². The number of aryl methyl sites for hydroxylation is 1. The molecule has 9 aromatic rings. The molecule has 52 heavy (non-hydrogen) atoms. The van der Waals surface area contributed by atoms with Crippen molar-refractivity contribution in [2.24, 2.45) is 0 Å². The van der Waals surface area contributed by atoms with Crippen LogP contribution in [0.15, 0.2) is 194 Å². The molecule has 3 nitrogen and oxygen atoms in total. The first kappa shape index (κ1) is 31.3. The fourth-order valence-electron chi connectivity index (χ4n) is 7.43. The third-order valence-corrected chi connectivity index (χ3v) is 9.99. The molecule has 3 heteroatoms. The molecule has 0 amide bonds. The van der Waals surface area contributed by atoms with Crippen LogP contribution in [0, 0.1) is 0 Å². The fourth-order valence-corrected chi connectivity index (χ4v) is 7.43. The maximum atomic E-state index is 5.36. The molecule has 0 fully saturated rings. The molecule has 0 aliphatic rings. The van der Waals surface area contributed by atoms with Crippen molar-refractivity contribution in [1.82, 2.24) is 9.61 Å². The quantitative estimate of drug-likeness (QED) is 0.161. The second kappa shape index (κ2) is 13.5. The number of pyridine rings is 1. The Morgan fingerprint density at radius 3 is 1.60 bits per heavy atom. The van der Waals surface area contributed by atoms with Crippen LogP contribution in [0.1, 0.15) is 12.5 Å². The van der Waals surface area contributed by atoms with Crippen LogP contribution in [0.3, 0.4) is 0 Å². The highest BCUT2D eigenvalue weighted by Crippen LogP contribution is 2.40. The lowest BCUT2D eigenvalue weighted by Gasteiger charge is -2.26.